The zero-order chi connectivity index (χ0) is 22.1. The number of fused-ring (bicyclic) bond motifs is 1. The number of benzene rings is 3. The molecular weight excluding hydrogens is 380 g/mol. The van der Waals surface area contributed by atoms with Crippen molar-refractivity contribution in [3.63, 3.8) is 0 Å². The standard InChI is InChI=1S/C19H23NO.C9H7N/c1-4-19(20(2)3,15-16-11-7-5-8-12-16)18(21)17-13-9-6-10-14-17;1-2-6-9-8(4-1)5-3-7-10-9/h5-14H,4,15H2,1-3H3;1-7H. The fourth-order valence-corrected chi connectivity index (χ4v) is 3.85. The summed E-state index contributed by atoms with van der Waals surface area (Å²) >= 11 is 0. The number of aromatic nitrogens is 1. The summed E-state index contributed by atoms with van der Waals surface area (Å²) in [6.45, 7) is 2.09. The topological polar surface area (TPSA) is 33.2 Å². The van der Waals surface area contributed by atoms with Gasteiger partial charge in [0.05, 0.1) is 11.1 Å². The van der Waals surface area contributed by atoms with Crippen molar-refractivity contribution < 1.29 is 4.79 Å². The van der Waals surface area contributed by atoms with Crippen LogP contribution in [0.4, 0.5) is 0 Å². The lowest BCUT2D eigenvalue weighted by Crippen LogP contribution is -2.52. The van der Waals surface area contributed by atoms with Gasteiger partial charge in [-0.1, -0.05) is 91.9 Å². The fraction of sp³-hybridized carbons (Fsp3) is 0.214. The van der Waals surface area contributed by atoms with Gasteiger partial charge in [-0.3, -0.25) is 14.7 Å². The van der Waals surface area contributed by atoms with E-state index in [0.29, 0.717) is 0 Å². The Balaban J connectivity index is 0.000000225. The average molecular weight is 411 g/mol. The van der Waals surface area contributed by atoms with Gasteiger partial charge in [0, 0.05) is 17.1 Å². The minimum atomic E-state index is -0.497. The highest BCUT2D eigenvalue weighted by Crippen LogP contribution is 2.27. The van der Waals surface area contributed by atoms with Crippen molar-refractivity contribution in [2.45, 2.75) is 25.3 Å². The SMILES string of the molecule is CCC(Cc1ccccc1)(C(=O)c1ccccc1)N(C)C.c1ccc2ncccc2c1. The lowest BCUT2D eigenvalue weighted by atomic mass is 9.80. The second-order valence-electron chi connectivity index (χ2n) is 7.83. The van der Waals surface area contributed by atoms with Gasteiger partial charge in [0.25, 0.3) is 0 Å². The molecule has 1 atom stereocenters. The van der Waals surface area contributed by atoms with Crippen molar-refractivity contribution in [3.8, 4) is 0 Å². The average Bonchev–Trinajstić information content (AvgIpc) is 2.83. The van der Waals surface area contributed by atoms with E-state index in [1.165, 1.54) is 10.9 Å². The first-order valence-corrected chi connectivity index (χ1v) is 10.7. The Morgan fingerprint density at radius 3 is 2.00 bits per heavy atom. The number of hydrogen-bond acceptors (Lipinski definition) is 3. The summed E-state index contributed by atoms with van der Waals surface area (Å²) in [5.74, 6) is 0.194. The Kier molecular flexibility index (Phi) is 7.69. The van der Waals surface area contributed by atoms with E-state index in [2.05, 4.69) is 41.1 Å². The molecule has 0 aliphatic rings. The third kappa shape index (κ3) is 5.44. The van der Waals surface area contributed by atoms with Crippen molar-refractivity contribution in [2.24, 2.45) is 0 Å². The number of carbonyl (C=O) groups excluding carboxylic acids is 1. The molecule has 0 saturated carbocycles. The Morgan fingerprint density at radius 1 is 0.806 bits per heavy atom. The van der Waals surface area contributed by atoms with E-state index in [-0.39, 0.29) is 5.78 Å². The molecule has 3 heteroatoms. The molecule has 1 aromatic heterocycles. The Morgan fingerprint density at radius 2 is 1.39 bits per heavy atom. The van der Waals surface area contributed by atoms with Gasteiger partial charge >= 0.3 is 0 Å². The minimum absolute atomic E-state index is 0.194. The number of para-hydroxylation sites is 1. The van der Waals surface area contributed by atoms with E-state index in [1.54, 1.807) is 0 Å². The zero-order valence-electron chi connectivity index (χ0n) is 18.5. The first-order chi connectivity index (χ1) is 15.1. The van der Waals surface area contributed by atoms with Crippen LogP contribution in [0.5, 0.6) is 0 Å². The summed E-state index contributed by atoms with van der Waals surface area (Å²) in [6, 6.07) is 31.9. The monoisotopic (exact) mass is 410 g/mol. The minimum Gasteiger partial charge on any atom is -0.297 e. The van der Waals surface area contributed by atoms with Crippen LogP contribution in [0.15, 0.2) is 103 Å². The maximum Gasteiger partial charge on any atom is 0.183 e. The molecule has 0 bridgehead atoms. The molecule has 0 saturated heterocycles. The molecule has 4 aromatic rings. The number of nitrogens with zero attached hydrogens (tertiary/aromatic N) is 2. The van der Waals surface area contributed by atoms with Crippen LogP contribution in [0.25, 0.3) is 10.9 Å². The molecule has 0 N–H and O–H groups in total. The summed E-state index contributed by atoms with van der Waals surface area (Å²) in [4.78, 5) is 19.3. The highest BCUT2D eigenvalue weighted by molar-refractivity contribution is 6.03. The number of pyridine rings is 1. The molecule has 0 fully saturated rings. The van der Waals surface area contributed by atoms with Crippen LogP contribution in [-0.2, 0) is 6.42 Å². The summed E-state index contributed by atoms with van der Waals surface area (Å²) < 4.78 is 0. The Hall–Kier alpha value is -3.30. The first kappa shape index (κ1) is 22.4. The van der Waals surface area contributed by atoms with Crippen molar-refractivity contribution in [3.05, 3.63) is 114 Å². The molecule has 1 heterocycles. The van der Waals surface area contributed by atoms with Gasteiger partial charge < -0.3 is 0 Å². The highest BCUT2D eigenvalue weighted by Gasteiger charge is 2.39. The summed E-state index contributed by atoms with van der Waals surface area (Å²) in [5, 5.41) is 1.20. The predicted octanol–water partition coefficient (Wildman–Crippen LogP) is 6.06. The van der Waals surface area contributed by atoms with Crippen molar-refractivity contribution >= 4 is 16.7 Å². The van der Waals surface area contributed by atoms with E-state index in [9.17, 15) is 4.79 Å². The van der Waals surface area contributed by atoms with E-state index in [0.717, 1.165) is 23.9 Å². The highest BCUT2D eigenvalue weighted by atomic mass is 16.1. The van der Waals surface area contributed by atoms with Crippen LogP contribution in [0, 0.1) is 0 Å². The normalized spacial score (nSPS) is 12.6. The molecule has 1 unspecified atom stereocenters. The molecule has 3 nitrogen and oxygen atoms in total. The summed E-state index contributed by atoms with van der Waals surface area (Å²) in [5.41, 5.74) is 2.54. The maximum atomic E-state index is 13.1. The van der Waals surface area contributed by atoms with Gasteiger partial charge in [-0.2, -0.15) is 0 Å². The zero-order valence-corrected chi connectivity index (χ0v) is 18.5. The molecule has 0 amide bonds. The van der Waals surface area contributed by atoms with Crippen LogP contribution in [0.3, 0.4) is 0 Å². The van der Waals surface area contributed by atoms with Crippen molar-refractivity contribution in [2.75, 3.05) is 14.1 Å². The third-order valence-electron chi connectivity index (χ3n) is 5.75. The summed E-state index contributed by atoms with van der Waals surface area (Å²) in [7, 11) is 3.99. The maximum absolute atomic E-state index is 13.1. The number of carbonyl (C=O) groups is 1. The quantitative estimate of drug-likeness (QED) is 0.362. The Labute approximate surface area is 185 Å². The van der Waals surface area contributed by atoms with Crippen LogP contribution >= 0.6 is 0 Å². The number of ketones is 1. The first-order valence-electron chi connectivity index (χ1n) is 10.7. The van der Waals surface area contributed by atoms with Gasteiger partial charge in [0.1, 0.15) is 0 Å². The predicted molar refractivity (Wildman–Crippen MR) is 129 cm³/mol. The summed E-state index contributed by atoms with van der Waals surface area (Å²) in [6.07, 6.45) is 3.32. The Bertz CT molecular complexity index is 1030. The van der Waals surface area contributed by atoms with Gasteiger partial charge in [0.2, 0.25) is 0 Å². The molecule has 0 radical (unpaired) electrons. The second-order valence-corrected chi connectivity index (χ2v) is 7.83. The van der Waals surface area contributed by atoms with Crippen LogP contribution in [0.2, 0.25) is 0 Å². The van der Waals surface area contributed by atoms with E-state index in [4.69, 9.17) is 0 Å². The molecule has 0 aliphatic heterocycles. The lowest BCUT2D eigenvalue weighted by Gasteiger charge is -2.38. The van der Waals surface area contributed by atoms with Crippen molar-refractivity contribution in [1.82, 2.24) is 9.88 Å². The van der Waals surface area contributed by atoms with Crippen LogP contribution in [-0.4, -0.2) is 35.3 Å². The van der Waals surface area contributed by atoms with Gasteiger partial charge in [-0.25, -0.2) is 0 Å². The number of rotatable bonds is 6. The molecule has 31 heavy (non-hydrogen) atoms. The third-order valence-corrected chi connectivity index (χ3v) is 5.75. The molecule has 0 aliphatic carbocycles. The number of likely N-dealkylation sites (N-methyl/N-ethyl adjacent to an activating group) is 1. The molecular formula is C28H30N2O. The van der Waals surface area contributed by atoms with E-state index < -0.39 is 5.54 Å². The van der Waals surface area contributed by atoms with Gasteiger partial charge in [0.15, 0.2) is 5.78 Å². The van der Waals surface area contributed by atoms with Gasteiger partial charge in [-0.15, -0.1) is 0 Å². The van der Waals surface area contributed by atoms with Crippen LogP contribution in [0.1, 0.15) is 29.3 Å². The van der Waals surface area contributed by atoms with E-state index >= 15 is 0 Å². The molecule has 0 spiro atoms. The smallest absolute Gasteiger partial charge is 0.183 e. The molecule has 4 rings (SSSR count). The van der Waals surface area contributed by atoms with Crippen molar-refractivity contribution in [1.29, 1.82) is 0 Å². The largest absolute Gasteiger partial charge is 0.297 e. The van der Waals surface area contributed by atoms with Gasteiger partial charge in [-0.05, 0) is 44.6 Å². The number of Topliss-reactive ketones (excluding diaryl/α,β-unsaturated/α-hetero) is 1. The molecule has 158 valence electrons. The second kappa shape index (κ2) is 10.6. The molecule has 3 aromatic carbocycles. The lowest BCUT2D eigenvalue weighted by molar-refractivity contribution is 0.0666. The number of hydrogen-bond donors (Lipinski definition) is 0. The van der Waals surface area contributed by atoms with Crippen LogP contribution < -0.4 is 0 Å². The fourth-order valence-electron chi connectivity index (χ4n) is 3.85. The van der Waals surface area contributed by atoms with E-state index in [1.807, 2.05) is 93.1 Å².